The molecule has 10 heteroatoms. The number of likely N-dealkylation sites (tertiary alicyclic amines) is 1. The van der Waals surface area contributed by atoms with E-state index in [-0.39, 0.29) is 30.6 Å². The third kappa shape index (κ3) is 4.85. The highest BCUT2D eigenvalue weighted by atomic mass is 35.5. The quantitative estimate of drug-likeness (QED) is 0.694. The van der Waals surface area contributed by atoms with Gasteiger partial charge in [-0.2, -0.15) is 0 Å². The molecule has 2 saturated heterocycles. The van der Waals surface area contributed by atoms with Crippen molar-refractivity contribution in [2.75, 3.05) is 32.1 Å². The molecule has 0 saturated carbocycles. The Labute approximate surface area is 183 Å². The zero-order valence-electron chi connectivity index (χ0n) is 16.4. The van der Waals surface area contributed by atoms with Crippen molar-refractivity contribution in [3.63, 3.8) is 0 Å². The summed E-state index contributed by atoms with van der Waals surface area (Å²) in [7, 11) is 1.59. The number of ether oxygens (including phenoxy) is 3. The van der Waals surface area contributed by atoms with Crippen LogP contribution in [0.2, 0.25) is 4.34 Å². The molecule has 8 nitrogen and oxygen atoms in total. The number of hydrogen-bond acceptors (Lipinski definition) is 7. The number of halogens is 1. The van der Waals surface area contributed by atoms with Crippen molar-refractivity contribution in [3.8, 4) is 11.5 Å². The molecule has 0 radical (unpaired) electrons. The van der Waals surface area contributed by atoms with Gasteiger partial charge < -0.3 is 24.4 Å². The minimum Gasteiger partial charge on any atom is -0.493 e. The zero-order chi connectivity index (χ0) is 21.1. The van der Waals surface area contributed by atoms with Crippen LogP contribution in [0.4, 0.5) is 5.13 Å². The molecule has 2 amide bonds. The smallest absolute Gasteiger partial charge is 0.245 e. The molecule has 2 aliphatic heterocycles. The Bertz CT molecular complexity index is 931. The minimum atomic E-state index is -0.299. The molecule has 4 rings (SSSR count). The predicted octanol–water partition coefficient (Wildman–Crippen LogP) is 3.28. The number of thiazole rings is 1. The number of amides is 2. The summed E-state index contributed by atoms with van der Waals surface area (Å²) < 4.78 is 17.4. The first-order valence-electron chi connectivity index (χ1n) is 9.67. The van der Waals surface area contributed by atoms with Gasteiger partial charge in [0.05, 0.1) is 26.5 Å². The summed E-state index contributed by atoms with van der Waals surface area (Å²) >= 11 is 7.00. The summed E-state index contributed by atoms with van der Waals surface area (Å²) in [4.78, 5) is 30.3. The molecule has 3 heterocycles. The summed E-state index contributed by atoms with van der Waals surface area (Å²) in [6, 6.07) is 5.67. The SMILES string of the molecule is COc1ccc([C@@H]2CC(=O)N(CC(=O)Nc3ncc(Cl)s3)C2)cc1OC1CCCO1. The van der Waals surface area contributed by atoms with Gasteiger partial charge in [-0.25, -0.2) is 4.98 Å². The third-order valence-electron chi connectivity index (χ3n) is 5.08. The first-order chi connectivity index (χ1) is 14.5. The maximum absolute atomic E-state index is 12.5. The topological polar surface area (TPSA) is 90.0 Å². The van der Waals surface area contributed by atoms with E-state index in [0.717, 1.165) is 18.4 Å². The van der Waals surface area contributed by atoms with E-state index in [1.54, 1.807) is 12.0 Å². The number of aromatic nitrogens is 1. The second-order valence-corrected chi connectivity index (χ2v) is 8.83. The van der Waals surface area contributed by atoms with E-state index < -0.39 is 0 Å². The highest BCUT2D eigenvalue weighted by Crippen LogP contribution is 2.36. The number of carbonyl (C=O) groups is 2. The number of carbonyl (C=O) groups excluding carboxylic acids is 2. The fourth-order valence-corrected chi connectivity index (χ4v) is 4.44. The zero-order valence-corrected chi connectivity index (χ0v) is 18.0. The number of nitrogens with one attached hydrogen (secondary N) is 1. The monoisotopic (exact) mass is 451 g/mol. The fourth-order valence-electron chi connectivity index (χ4n) is 3.61. The van der Waals surface area contributed by atoms with Gasteiger partial charge in [0.25, 0.3) is 0 Å². The van der Waals surface area contributed by atoms with Crippen LogP contribution in [0.5, 0.6) is 11.5 Å². The Morgan fingerprint density at radius 1 is 1.43 bits per heavy atom. The summed E-state index contributed by atoms with van der Waals surface area (Å²) in [5, 5.41) is 3.09. The lowest BCUT2D eigenvalue weighted by Crippen LogP contribution is -2.34. The van der Waals surface area contributed by atoms with Crippen molar-refractivity contribution in [1.82, 2.24) is 9.88 Å². The Balaban J connectivity index is 1.40. The second-order valence-electron chi connectivity index (χ2n) is 7.16. The molecule has 1 unspecified atom stereocenters. The molecule has 1 N–H and O–H groups in total. The van der Waals surface area contributed by atoms with Crippen LogP contribution in [-0.4, -0.2) is 54.8 Å². The first kappa shape index (κ1) is 20.9. The lowest BCUT2D eigenvalue weighted by atomic mass is 9.98. The van der Waals surface area contributed by atoms with Crippen LogP contribution >= 0.6 is 22.9 Å². The van der Waals surface area contributed by atoms with Crippen LogP contribution in [0.15, 0.2) is 24.4 Å². The van der Waals surface area contributed by atoms with E-state index in [9.17, 15) is 9.59 Å². The van der Waals surface area contributed by atoms with Crippen LogP contribution in [0.25, 0.3) is 0 Å². The Morgan fingerprint density at radius 2 is 2.30 bits per heavy atom. The minimum absolute atomic E-state index is 0.0258. The number of hydrogen-bond donors (Lipinski definition) is 1. The van der Waals surface area contributed by atoms with Gasteiger partial charge in [0.15, 0.2) is 22.9 Å². The maximum atomic E-state index is 12.5. The number of anilines is 1. The number of rotatable bonds is 7. The van der Waals surface area contributed by atoms with Crippen LogP contribution < -0.4 is 14.8 Å². The molecule has 1 aromatic heterocycles. The second kappa shape index (κ2) is 9.20. The lowest BCUT2D eigenvalue weighted by molar-refractivity contribution is -0.131. The fraction of sp³-hybridized carbons (Fsp3) is 0.450. The Kier molecular flexibility index (Phi) is 6.40. The van der Waals surface area contributed by atoms with Crippen molar-refractivity contribution in [1.29, 1.82) is 0 Å². The van der Waals surface area contributed by atoms with Gasteiger partial charge in [-0.1, -0.05) is 29.0 Å². The molecule has 2 aromatic rings. The average molecular weight is 452 g/mol. The van der Waals surface area contributed by atoms with Crippen LogP contribution in [0, 0.1) is 0 Å². The summed E-state index contributed by atoms with van der Waals surface area (Å²) in [6.45, 7) is 1.12. The normalized spacial score (nSPS) is 21.1. The molecular weight excluding hydrogens is 430 g/mol. The molecule has 0 bridgehead atoms. The van der Waals surface area contributed by atoms with Crippen molar-refractivity contribution >= 4 is 39.9 Å². The van der Waals surface area contributed by atoms with Gasteiger partial charge in [-0.15, -0.1) is 0 Å². The van der Waals surface area contributed by atoms with Gasteiger partial charge in [-0.3, -0.25) is 9.59 Å². The molecule has 0 aliphatic carbocycles. The summed E-state index contributed by atoms with van der Waals surface area (Å²) in [5.41, 5.74) is 0.965. The molecule has 1 aromatic carbocycles. The summed E-state index contributed by atoms with van der Waals surface area (Å²) in [5.74, 6) is 0.831. The van der Waals surface area contributed by atoms with E-state index >= 15 is 0 Å². The molecule has 0 spiro atoms. The average Bonchev–Trinajstić information content (AvgIpc) is 3.45. The predicted molar refractivity (Wildman–Crippen MR) is 112 cm³/mol. The van der Waals surface area contributed by atoms with Gasteiger partial charge >= 0.3 is 0 Å². The molecular formula is C20H22ClN3O5S. The number of methoxy groups -OCH3 is 1. The number of benzene rings is 1. The van der Waals surface area contributed by atoms with Crippen molar-refractivity contribution in [2.45, 2.75) is 31.5 Å². The Hall–Kier alpha value is -2.36. The molecule has 160 valence electrons. The molecule has 2 fully saturated rings. The van der Waals surface area contributed by atoms with E-state index in [1.807, 2.05) is 18.2 Å². The maximum Gasteiger partial charge on any atom is 0.245 e. The third-order valence-corrected chi connectivity index (χ3v) is 6.11. The van der Waals surface area contributed by atoms with Gasteiger partial charge in [0.1, 0.15) is 4.34 Å². The van der Waals surface area contributed by atoms with Gasteiger partial charge in [0.2, 0.25) is 11.8 Å². The highest BCUT2D eigenvalue weighted by Gasteiger charge is 2.32. The Morgan fingerprint density at radius 3 is 3.00 bits per heavy atom. The van der Waals surface area contributed by atoms with Crippen LogP contribution in [-0.2, 0) is 14.3 Å². The van der Waals surface area contributed by atoms with E-state index in [1.165, 1.54) is 17.5 Å². The summed E-state index contributed by atoms with van der Waals surface area (Å²) in [6.07, 6.45) is 3.33. The van der Waals surface area contributed by atoms with Crippen molar-refractivity contribution < 1.29 is 23.8 Å². The van der Waals surface area contributed by atoms with Crippen molar-refractivity contribution in [2.24, 2.45) is 0 Å². The lowest BCUT2D eigenvalue weighted by Gasteiger charge is -2.19. The van der Waals surface area contributed by atoms with Crippen LogP contribution in [0.1, 0.15) is 30.7 Å². The van der Waals surface area contributed by atoms with Gasteiger partial charge in [-0.05, 0) is 24.1 Å². The van der Waals surface area contributed by atoms with E-state index in [4.69, 9.17) is 25.8 Å². The van der Waals surface area contributed by atoms with Gasteiger partial charge in [0, 0.05) is 25.3 Å². The first-order valence-corrected chi connectivity index (χ1v) is 10.9. The number of nitrogens with zero attached hydrogens (tertiary/aromatic N) is 2. The molecule has 30 heavy (non-hydrogen) atoms. The highest BCUT2D eigenvalue weighted by molar-refractivity contribution is 7.19. The van der Waals surface area contributed by atoms with Crippen molar-refractivity contribution in [3.05, 3.63) is 34.3 Å². The molecule has 2 atom stereocenters. The van der Waals surface area contributed by atoms with Crippen LogP contribution in [0.3, 0.4) is 0 Å². The largest absolute Gasteiger partial charge is 0.493 e. The standard InChI is InChI=1S/C20H22ClN3O5S/c1-27-14-5-4-12(7-15(14)29-19-3-2-6-28-19)13-8-18(26)24(10-13)11-17(25)23-20-22-9-16(21)30-20/h4-5,7,9,13,19H,2-3,6,8,10-11H2,1H3,(H,22,23,25)/t13-,19?/m1/s1. The van der Waals surface area contributed by atoms with E-state index in [0.29, 0.717) is 40.5 Å². The molecule has 2 aliphatic rings. The van der Waals surface area contributed by atoms with E-state index in [2.05, 4.69) is 10.3 Å².